The highest BCUT2D eigenvalue weighted by molar-refractivity contribution is 7.99. The zero-order valence-electron chi connectivity index (χ0n) is 17.1. The molecule has 3 aromatic rings. The summed E-state index contributed by atoms with van der Waals surface area (Å²) < 4.78 is 1.94. The number of hydrogen-bond acceptors (Lipinski definition) is 6. The molecule has 0 aliphatic rings. The summed E-state index contributed by atoms with van der Waals surface area (Å²) in [7, 11) is 0. The van der Waals surface area contributed by atoms with Gasteiger partial charge in [0, 0.05) is 24.5 Å². The van der Waals surface area contributed by atoms with Crippen LogP contribution in [0.4, 0.5) is 4.79 Å². The summed E-state index contributed by atoms with van der Waals surface area (Å²) in [6.45, 7) is 6.48. The van der Waals surface area contributed by atoms with Crippen molar-refractivity contribution in [2.75, 3.05) is 12.3 Å². The van der Waals surface area contributed by atoms with Crippen molar-refractivity contribution in [2.45, 2.75) is 31.8 Å². The van der Waals surface area contributed by atoms with Crippen LogP contribution in [0.3, 0.4) is 0 Å². The second kappa shape index (κ2) is 10.0. The van der Waals surface area contributed by atoms with Gasteiger partial charge in [0.05, 0.1) is 11.4 Å². The Morgan fingerprint density at radius 1 is 1.13 bits per heavy atom. The molecule has 0 atom stereocenters. The lowest BCUT2D eigenvalue weighted by Gasteiger charge is -2.16. The smallest absolute Gasteiger partial charge is 0.321 e. The van der Waals surface area contributed by atoms with Crippen LogP contribution in [0.1, 0.15) is 32.3 Å². The van der Waals surface area contributed by atoms with Crippen molar-refractivity contribution in [1.29, 1.82) is 0 Å². The van der Waals surface area contributed by atoms with Crippen molar-refractivity contribution < 1.29 is 9.59 Å². The lowest BCUT2D eigenvalue weighted by Crippen LogP contribution is -2.40. The number of carbonyl (C=O) groups excluding carboxylic acids is 2. The van der Waals surface area contributed by atoms with Gasteiger partial charge in [-0.2, -0.15) is 0 Å². The van der Waals surface area contributed by atoms with Gasteiger partial charge < -0.3 is 5.32 Å². The van der Waals surface area contributed by atoms with Crippen LogP contribution in [-0.4, -0.2) is 44.0 Å². The van der Waals surface area contributed by atoms with E-state index in [1.807, 2.05) is 34.9 Å². The minimum absolute atomic E-state index is 0.0339. The predicted molar refractivity (Wildman–Crippen MR) is 117 cm³/mol. The van der Waals surface area contributed by atoms with Gasteiger partial charge >= 0.3 is 6.03 Å². The van der Waals surface area contributed by atoms with E-state index < -0.39 is 11.9 Å². The average molecular weight is 425 g/mol. The number of benzene rings is 1. The summed E-state index contributed by atoms with van der Waals surface area (Å²) in [4.78, 5) is 27.9. The number of imide groups is 1. The summed E-state index contributed by atoms with van der Waals surface area (Å²) in [6, 6.07) is 11.3. The number of urea groups is 1. The Morgan fingerprint density at radius 3 is 2.63 bits per heavy atom. The number of amides is 3. The second-order valence-corrected chi connectivity index (χ2v) is 7.74. The molecule has 30 heavy (non-hydrogen) atoms. The van der Waals surface area contributed by atoms with E-state index in [0.29, 0.717) is 17.5 Å². The fourth-order valence-electron chi connectivity index (χ4n) is 2.94. The maximum Gasteiger partial charge on any atom is 0.321 e. The highest BCUT2D eigenvalue weighted by atomic mass is 32.2. The first-order valence-electron chi connectivity index (χ1n) is 9.66. The topological polar surface area (TPSA) is 102 Å². The van der Waals surface area contributed by atoms with Crippen LogP contribution in [0.2, 0.25) is 0 Å². The van der Waals surface area contributed by atoms with Gasteiger partial charge in [0.2, 0.25) is 5.91 Å². The Balaban J connectivity index is 1.96. The summed E-state index contributed by atoms with van der Waals surface area (Å²) >= 11 is 1.22. The van der Waals surface area contributed by atoms with Gasteiger partial charge in [0.25, 0.3) is 0 Å². The van der Waals surface area contributed by atoms with Crippen LogP contribution < -0.4 is 10.6 Å². The standard InChI is InChI=1S/C21H24N6O2S/c1-4-23-20(29)24-18(28)13-30-21-26-25-19(15-8-7-11-22-12-15)27(21)17-10-6-5-9-16(17)14(2)3/h5-12,14H,4,13H2,1-3H3,(H2,23,24,28,29). The number of aromatic nitrogens is 4. The summed E-state index contributed by atoms with van der Waals surface area (Å²) in [6.07, 6.45) is 3.43. The molecule has 0 unspecified atom stereocenters. The summed E-state index contributed by atoms with van der Waals surface area (Å²) in [5.74, 6) is 0.555. The number of pyridine rings is 1. The number of nitrogens with one attached hydrogen (secondary N) is 2. The van der Waals surface area contributed by atoms with E-state index in [2.05, 4.69) is 45.7 Å². The van der Waals surface area contributed by atoms with E-state index >= 15 is 0 Å². The van der Waals surface area contributed by atoms with Gasteiger partial charge in [-0.25, -0.2) is 4.79 Å². The number of thioether (sulfide) groups is 1. The molecule has 0 saturated heterocycles. The van der Waals surface area contributed by atoms with Crippen molar-refractivity contribution in [3.05, 3.63) is 54.4 Å². The van der Waals surface area contributed by atoms with Crippen LogP contribution in [0.15, 0.2) is 53.9 Å². The van der Waals surface area contributed by atoms with Crippen molar-refractivity contribution in [2.24, 2.45) is 0 Å². The van der Waals surface area contributed by atoms with Crippen LogP contribution >= 0.6 is 11.8 Å². The van der Waals surface area contributed by atoms with Crippen molar-refractivity contribution in [3.63, 3.8) is 0 Å². The Bertz CT molecular complexity index is 1020. The zero-order valence-corrected chi connectivity index (χ0v) is 17.9. The molecule has 0 aliphatic heterocycles. The van der Waals surface area contributed by atoms with E-state index in [1.54, 1.807) is 19.3 Å². The van der Waals surface area contributed by atoms with Gasteiger partial charge in [-0.05, 0) is 36.6 Å². The van der Waals surface area contributed by atoms with Crippen LogP contribution in [0.25, 0.3) is 17.1 Å². The molecular weight excluding hydrogens is 400 g/mol. The first-order valence-corrected chi connectivity index (χ1v) is 10.7. The molecule has 0 fully saturated rings. The predicted octanol–water partition coefficient (Wildman–Crippen LogP) is 3.39. The lowest BCUT2D eigenvalue weighted by atomic mass is 10.0. The monoisotopic (exact) mass is 424 g/mol. The average Bonchev–Trinajstić information content (AvgIpc) is 3.16. The number of rotatable bonds is 7. The van der Waals surface area contributed by atoms with Gasteiger partial charge in [-0.1, -0.05) is 43.8 Å². The molecule has 9 heteroatoms. The third kappa shape index (κ3) is 5.04. The molecule has 0 saturated carbocycles. The Morgan fingerprint density at radius 2 is 1.93 bits per heavy atom. The molecule has 2 heterocycles. The van der Waals surface area contributed by atoms with Crippen molar-refractivity contribution in [3.8, 4) is 17.1 Å². The van der Waals surface area contributed by atoms with E-state index in [4.69, 9.17) is 0 Å². The molecule has 1 aromatic carbocycles. The third-order valence-corrected chi connectivity index (χ3v) is 5.20. The number of hydrogen-bond donors (Lipinski definition) is 2. The molecule has 0 spiro atoms. The number of nitrogens with zero attached hydrogens (tertiary/aromatic N) is 4. The van der Waals surface area contributed by atoms with Crippen LogP contribution in [0, 0.1) is 0 Å². The summed E-state index contributed by atoms with van der Waals surface area (Å²) in [5, 5.41) is 14.1. The van der Waals surface area contributed by atoms with Gasteiger partial charge in [0.1, 0.15) is 0 Å². The minimum atomic E-state index is -0.509. The quantitative estimate of drug-likeness (QED) is 0.564. The Kier molecular flexibility index (Phi) is 7.18. The van der Waals surface area contributed by atoms with Crippen LogP contribution in [-0.2, 0) is 4.79 Å². The maximum atomic E-state index is 12.1. The third-order valence-electron chi connectivity index (χ3n) is 4.28. The van der Waals surface area contributed by atoms with Gasteiger partial charge in [0.15, 0.2) is 11.0 Å². The molecule has 0 radical (unpaired) electrons. The van der Waals surface area contributed by atoms with Crippen LogP contribution in [0.5, 0.6) is 0 Å². The Labute approximate surface area is 179 Å². The first kappa shape index (κ1) is 21.5. The van der Waals surface area contributed by atoms with Crippen molar-refractivity contribution in [1.82, 2.24) is 30.4 Å². The molecule has 3 amide bonds. The van der Waals surface area contributed by atoms with E-state index in [9.17, 15) is 9.59 Å². The SMILES string of the molecule is CCNC(=O)NC(=O)CSc1nnc(-c2cccnc2)n1-c1ccccc1C(C)C. The Hall–Kier alpha value is -3.20. The molecular formula is C21H24N6O2S. The summed E-state index contributed by atoms with van der Waals surface area (Å²) in [5.41, 5.74) is 2.90. The van der Waals surface area contributed by atoms with Crippen molar-refractivity contribution >= 4 is 23.7 Å². The molecule has 0 aliphatic carbocycles. The number of carbonyl (C=O) groups is 2. The second-order valence-electron chi connectivity index (χ2n) is 6.79. The largest absolute Gasteiger partial charge is 0.338 e. The highest BCUT2D eigenvalue weighted by Crippen LogP contribution is 2.31. The van der Waals surface area contributed by atoms with Gasteiger partial charge in [-0.15, -0.1) is 10.2 Å². The molecule has 2 N–H and O–H groups in total. The van der Waals surface area contributed by atoms with E-state index in [0.717, 1.165) is 16.8 Å². The molecule has 3 rings (SSSR count). The molecule has 0 bridgehead atoms. The lowest BCUT2D eigenvalue weighted by molar-refractivity contribution is -0.117. The van der Waals surface area contributed by atoms with E-state index in [1.165, 1.54) is 11.8 Å². The van der Waals surface area contributed by atoms with Gasteiger partial charge in [-0.3, -0.25) is 19.7 Å². The van der Waals surface area contributed by atoms with E-state index in [-0.39, 0.29) is 11.7 Å². The molecule has 156 valence electrons. The minimum Gasteiger partial charge on any atom is -0.338 e. The fourth-order valence-corrected chi connectivity index (χ4v) is 3.68. The fraction of sp³-hybridized carbons (Fsp3) is 0.286. The first-order chi connectivity index (χ1) is 14.5. The number of para-hydroxylation sites is 1. The molecule has 2 aromatic heterocycles. The maximum absolute atomic E-state index is 12.1. The highest BCUT2D eigenvalue weighted by Gasteiger charge is 2.20. The normalized spacial score (nSPS) is 10.8. The molecule has 8 nitrogen and oxygen atoms in total. The zero-order chi connectivity index (χ0) is 21.5.